The van der Waals surface area contributed by atoms with Crippen molar-refractivity contribution in [3.8, 4) is 0 Å². The quantitative estimate of drug-likeness (QED) is 0.697. The standard InChI is InChI=1S/C15H23N3O4S.ClH/c1-22-11-15(6-8-16-9-7-15)14(19)17-12-4-3-5-13(10-12)18-23(2,20)21;/h3-5,10,16,18H,6-9,11H2,1-2H3,(H,17,19);1H. The summed E-state index contributed by atoms with van der Waals surface area (Å²) in [5, 5.41) is 6.12. The first-order valence-corrected chi connectivity index (χ1v) is 9.33. The highest BCUT2D eigenvalue weighted by molar-refractivity contribution is 7.92. The molecule has 0 aliphatic carbocycles. The van der Waals surface area contributed by atoms with E-state index in [-0.39, 0.29) is 18.3 Å². The van der Waals surface area contributed by atoms with Crippen LogP contribution in [0.4, 0.5) is 11.4 Å². The summed E-state index contributed by atoms with van der Waals surface area (Å²) in [4.78, 5) is 12.7. The van der Waals surface area contributed by atoms with Gasteiger partial charge in [-0.3, -0.25) is 9.52 Å². The van der Waals surface area contributed by atoms with Crippen molar-refractivity contribution < 1.29 is 17.9 Å². The summed E-state index contributed by atoms with van der Waals surface area (Å²) in [6, 6.07) is 6.65. The number of halogens is 1. The molecule has 0 bridgehead atoms. The molecule has 2 rings (SSSR count). The average molecular weight is 378 g/mol. The average Bonchev–Trinajstić information content (AvgIpc) is 2.47. The van der Waals surface area contributed by atoms with Crippen LogP contribution in [0.1, 0.15) is 12.8 Å². The van der Waals surface area contributed by atoms with Crippen LogP contribution in [0, 0.1) is 5.41 Å². The van der Waals surface area contributed by atoms with Crippen LogP contribution in [0.2, 0.25) is 0 Å². The highest BCUT2D eigenvalue weighted by atomic mass is 35.5. The molecule has 0 radical (unpaired) electrons. The van der Waals surface area contributed by atoms with Crippen molar-refractivity contribution in [2.75, 3.05) is 43.1 Å². The van der Waals surface area contributed by atoms with E-state index < -0.39 is 15.4 Å². The van der Waals surface area contributed by atoms with Gasteiger partial charge in [0, 0.05) is 12.8 Å². The van der Waals surface area contributed by atoms with Crippen molar-refractivity contribution in [3.63, 3.8) is 0 Å². The number of nitrogens with one attached hydrogen (secondary N) is 3. The molecule has 24 heavy (non-hydrogen) atoms. The number of hydrogen-bond donors (Lipinski definition) is 3. The van der Waals surface area contributed by atoms with Crippen LogP contribution in [0.25, 0.3) is 0 Å². The molecule has 9 heteroatoms. The monoisotopic (exact) mass is 377 g/mol. The molecule has 1 aromatic rings. The lowest BCUT2D eigenvalue weighted by atomic mass is 9.78. The Hall–Kier alpha value is -1.35. The van der Waals surface area contributed by atoms with Gasteiger partial charge in [0.05, 0.1) is 24.0 Å². The van der Waals surface area contributed by atoms with Gasteiger partial charge in [0.2, 0.25) is 15.9 Å². The van der Waals surface area contributed by atoms with E-state index in [2.05, 4.69) is 15.4 Å². The third-order valence-corrected chi connectivity index (χ3v) is 4.49. The van der Waals surface area contributed by atoms with Crippen LogP contribution in [-0.2, 0) is 19.6 Å². The summed E-state index contributed by atoms with van der Waals surface area (Å²) in [6.45, 7) is 1.90. The molecule has 1 fully saturated rings. The van der Waals surface area contributed by atoms with E-state index in [4.69, 9.17) is 4.74 Å². The van der Waals surface area contributed by atoms with Gasteiger partial charge in [0.25, 0.3) is 0 Å². The number of piperidine rings is 1. The van der Waals surface area contributed by atoms with Gasteiger partial charge in [0.1, 0.15) is 0 Å². The number of amides is 1. The molecule has 1 aliphatic rings. The van der Waals surface area contributed by atoms with Crippen LogP contribution in [-0.4, -0.2) is 47.4 Å². The Morgan fingerprint density at radius 3 is 2.50 bits per heavy atom. The Bertz CT molecular complexity index is 655. The van der Waals surface area contributed by atoms with Crippen LogP contribution in [0.3, 0.4) is 0 Å². The molecule has 0 atom stereocenters. The molecule has 1 aromatic carbocycles. The Morgan fingerprint density at radius 2 is 1.92 bits per heavy atom. The second kappa shape index (κ2) is 8.66. The van der Waals surface area contributed by atoms with Crippen LogP contribution >= 0.6 is 12.4 Å². The Labute approximate surface area is 149 Å². The Morgan fingerprint density at radius 1 is 1.29 bits per heavy atom. The van der Waals surface area contributed by atoms with Gasteiger partial charge in [-0.25, -0.2) is 8.42 Å². The highest BCUT2D eigenvalue weighted by Gasteiger charge is 2.39. The lowest BCUT2D eigenvalue weighted by Gasteiger charge is -2.35. The van der Waals surface area contributed by atoms with E-state index in [0.717, 1.165) is 19.3 Å². The zero-order valence-electron chi connectivity index (χ0n) is 13.8. The number of ether oxygens (including phenoxy) is 1. The molecule has 0 saturated carbocycles. The third kappa shape index (κ3) is 5.62. The van der Waals surface area contributed by atoms with E-state index >= 15 is 0 Å². The lowest BCUT2D eigenvalue weighted by molar-refractivity contribution is -0.130. The van der Waals surface area contributed by atoms with Gasteiger partial charge in [0.15, 0.2) is 0 Å². The predicted molar refractivity (Wildman–Crippen MR) is 97.2 cm³/mol. The normalized spacial score (nSPS) is 16.8. The van der Waals surface area contributed by atoms with Crippen molar-refractivity contribution in [3.05, 3.63) is 24.3 Å². The third-order valence-electron chi connectivity index (χ3n) is 3.89. The number of methoxy groups -OCH3 is 1. The molecule has 136 valence electrons. The summed E-state index contributed by atoms with van der Waals surface area (Å²) < 4.78 is 30.2. The van der Waals surface area contributed by atoms with Gasteiger partial charge in [-0.1, -0.05) is 6.07 Å². The van der Waals surface area contributed by atoms with Gasteiger partial charge in [-0.15, -0.1) is 12.4 Å². The molecule has 1 heterocycles. The zero-order chi connectivity index (χ0) is 16.9. The van der Waals surface area contributed by atoms with Gasteiger partial charge >= 0.3 is 0 Å². The fourth-order valence-electron chi connectivity index (χ4n) is 2.76. The molecule has 0 spiro atoms. The maximum Gasteiger partial charge on any atom is 0.233 e. The topological polar surface area (TPSA) is 96.5 Å². The fraction of sp³-hybridized carbons (Fsp3) is 0.533. The zero-order valence-corrected chi connectivity index (χ0v) is 15.4. The van der Waals surface area contributed by atoms with Crippen molar-refractivity contribution in [2.24, 2.45) is 5.41 Å². The molecule has 1 amide bonds. The number of benzene rings is 1. The van der Waals surface area contributed by atoms with Crippen molar-refractivity contribution in [1.82, 2.24) is 5.32 Å². The number of carbonyl (C=O) groups is 1. The van der Waals surface area contributed by atoms with Gasteiger partial charge < -0.3 is 15.4 Å². The van der Waals surface area contributed by atoms with Crippen LogP contribution in [0.15, 0.2) is 24.3 Å². The molecule has 3 N–H and O–H groups in total. The smallest absolute Gasteiger partial charge is 0.233 e. The minimum atomic E-state index is -3.35. The van der Waals surface area contributed by atoms with E-state index in [1.54, 1.807) is 31.4 Å². The maximum absolute atomic E-state index is 12.7. The second-order valence-electron chi connectivity index (χ2n) is 5.87. The first kappa shape index (κ1) is 20.7. The van der Waals surface area contributed by atoms with Crippen molar-refractivity contribution in [1.29, 1.82) is 0 Å². The first-order chi connectivity index (χ1) is 10.8. The van der Waals surface area contributed by atoms with E-state index in [0.29, 0.717) is 30.8 Å². The summed E-state index contributed by atoms with van der Waals surface area (Å²) in [5.74, 6) is -0.0997. The molecular formula is C15H24ClN3O4S. The second-order valence-corrected chi connectivity index (χ2v) is 7.62. The molecule has 0 aromatic heterocycles. The van der Waals surface area contributed by atoms with E-state index in [1.165, 1.54) is 0 Å². The van der Waals surface area contributed by atoms with Crippen LogP contribution in [0.5, 0.6) is 0 Å². The minimum absolute atomic E-state index is 0. The number of anilines is 2. The number of carbonyl (C=O) groups excluding carboxylic acids is 1. The highest BCUT2D eigenvalue weighted by Crippen LogP contribution is 2.31. The number of rotatable bonds is 6. The SMILES string of the molecule is COCC1(C(=O)Nc2cccc(NS(C)(=O)=O)c2)CCNCC1.Cl. The number of sulfonamides is 1. The molecular weight excluding hydrogens is 354 g/mol. The Kier molecular flexibility index (Phi) is 7.47. The molecule has 0 unspecified atom stereocenters. The predicted octanol–water partition coefficient (Wildman–Crippen LogP) is 1.43. The van der Waals surface area contributed by atoms with Crippen molar-refractivity contribution in [2.45, 2.75) is 12.8 Å². The fourth-order valence-corrected chi connectivity index (χ4v) is 3.31. The summed E-state index contributed by atoms with van der Waals surface area (Å²) >= 11 is 0. The summed E-state index contributed by atoms with van der Waals surface area (Å²) in [6.07, 6.45) is 2.49. The van der Waals surface area contributed by atoms with Crippen molar-refractivity contribution >= 4 is 39.7 Å². The summed E-state index contributed by atoms with van der Waals surface area (Å²) in [5.41, 5.74) is 0.411. The lowest BCUT2D eigenvalue weighted by Crippen LogP contribution is -2.47. The molecule has 7 nitrogen and oxygen atoms in total. The summed E-state index contributed by atoms with van der Waals surface area (Å²) in [7, 11) is -1.76. The first-order valence-electron chi connectivity index (χ1n) is 7.44. The van der Waals surface area contributed by atoms with Gasteiger partial charge in [-0.05, 0) is 44.1 Å². The van der Waals surface area contributed by atoms with Gasteiger partial charge in [-0.2, -0.15) is 0 Å². The maximum atomic E-state index is 12.7. The molecule has 1 saturated heterocycles. The minimum Gasteiger partial charge on any atom is -0.384 e. The van der Waals surface area contributed by atoms with E-state index in [1.807, 2.05) is 0 Å². The molecule has 1 aliphatic heterocycles. The van der Waals surface area contributed by atoms with Crippen LogP contribution < -0.4 is 15.4 Å². The Balaban J connectivity index is 0.00000288. The number of hydrogen-bond acceptors (Lipinski definition) is 5. The van der Waals surface area contributed by atoms with E-state index in [9.17, 15) is 13.2 Å². The largest absolute Gasteiger partial charge is 0.384 e.